The van der Waals surface area contributed by atoms with Crippen molar-refractivity contribution in [3.63, 3.8) is 0 Å². The van der Waals surface area contributed by atoms with Crippen LogP contribution in [0.15, 0.2) is 60.8 Å². The van der Waals surface area contributed by atoms with Crippen molar-refractivity contribution in [1.29, 1.82) is 0 Å². The molecule has 0 bridgehead atoms. The molecule has 1 fully saturated rings. The van der Waals surface area contributed by atoms with Gasteiger partial charge in [0, 0.05) is 6.42 Å². The normalized spacial score (nSPS) is 21.1. The van der Waals surface area contributed by atoms with Crippen molar-refractivity contribution in [2.45, 2.75) is 243 Å². The van der Waals surface area contributed by atoms with Crippen molar-refractivity contribution in [3.05, 3.63) is 60.8 Å². The number of carbonyl (C=O) groups excluding carboxylic acids is 1. The van der Waals surface area contributed by atoms with E-state index in [-0.39, 0.29) is 12.5 Å². The number of unbranched alkanes of at least 4 members (excludes halogenated alkanes) is 22. The van der Waals surface area contributed by atoms with Crippen LogP contribution in [0.1, 0.15) is 200 Å². The summed E-state index contributed by atoms with van der Waals surface area (Å²) >= 11 is 0. The van der Waals surface area contributed by atoms with Crippen LogP contribution in [0.3, 0.4) is 0 Å². The zero-order chi connectivity index (χ0) is 43.7. The topological polar surface area (TPSA) is 149 Å². The molecule has 1 heterocycles. The van der Waals surface area contributed by atoms with Crippen molar-refractivity contribution < 1.29 is 39.8 Å². The average molecular weight is 846 g/mol. The van der Waals surface area contributed by atoms with Gasteiger partial charge in [0.25, 0.3) is 0 Å². The summed E-state index contributed by atoms with van der Waals surface area (Å²) in [5.74, 6) is -0.195. The molecule has 60 heavy (non-hydrogen) atoms. The Morgan fingerprint density at radius 2 is 1.05 bits per heavy atom. The van der Waals surface area contributed by atoms with Crippen molar-refractivity contribution in [2.24, 2.45) is 0 Å². The summed E-state index contributed by atoms with van der Waals surface area (Å²) in [5, 5.41) is 54.1. The lowest BCUT2D eigenvalue weighted by atomic mass is 9.99. The molecule has 1 aliphatic heterocycles. The van der Waals surface area contributed by atoms with Gasteiger partial charge in [0.05, 0.1) is 25.4 Å². The van der Waals surface area contributed by atoms with Gasteiger partial charge in [-0.3, -0.25) is 4.79 Å². The highest BCUT2D eigenvalue weighted by atomic mass is 16.7. The summed E-state index contributed by atoms with van der Waals surface area (Å²) < 4.78 is 11.2. The summed E-state index contributed by atoms with van der Waals surface area (Å²) in [7, 11) is 0. The molecule has 6 N–H and O–H groups in total. The number of rotatable bonds is 40. The Balaban J connectivity index is 2.20. The van der Waals surface area contributed by atoms with Crippen LogP contribution in [-0.4, -0.2) is 87.5 Å². The van der Waals surface area contributed by atoms with E-state index in [4.69, 9.17) is 9.47 Å². The highest BCUT2D eigenvalue weighted by Crippen LogP contribution is 2.22. The van der Waals surface area contributed by atoms with Gasteiger partial charge in [-0.2, -0.15) is 0 Å². The van der Waals surface area contributed by atoms with Crippen molar-refractivity contribution in [3.8, 4) is 0 Å². The minimum atomic E-state index is -1.57. The molecule has 0 aromatic rings. The van der Waals surface area contributed by atoms with Gasteiger partial charge in [0.15, 0.2) is 6.29 Å². The molecule has 1 rings (SSSR count). The van der Waals surface area contributed by atoms with Crippen LogP contribution in [0.2, 0.25) is 0 Å². The monoisotopic (exact) mass is 846 g/mol. The number of ether oxygens (including phenoxy) is 2. The summed E-state index contributed by atoms with van der Waals surface area (Å²) in [6, 6.07) is -0.827. The number of carbonyl (C=O) groups is 1. The van der Waals surface area contributed by atoms with E-state index in [0.717, 1.165) is 57.8 Å². The van der Waals surface area contributed by atoms with Crippen molar-refractivity contribution in [2.75, 3.05) is 13.2 Å². The van der Waals surface area contributed by atoms with E-state index < -0.39 is 49.5 Å². The fourth-order valence-corrected chi connectivity index (χ4v) is 7.40. The third-order valence-corrected chi connectivity index (χ3v) is 11.3. The van der Waals surface area contributed by atoms with Crippen LogP contribution >= 0.6 is 0 Å². The minimum absolute atomic E-state index is 0.195. The molecule has 0 aromatic carbocycles. The first-order valence-electron chi connectivity index (χ1n) is 24.5. The van der Waals surface area contributed by atoms with Gasteiger partial charge >= 0.3 is 0 Å². The van der Waals surface area contributed by atoms with Gasteiger partial charge in [-0.05, 0) is 70.6 Å². The number of allylic oxidation sites excluding steroid dienone is 9. The predicted molar refractivity (Wildman–Crippen MR) is 249 cm³/mol. The second-order valence-electron chi connectivity index (χ2n) is 16.9. The lowest BCUT2D eigenvalue weighted by molar-refractivity contribution is -0.302. The van der Waals surface area contributed by atoms with Gasteiger partial charge in [0.1, 0.15) is 24.4 Å². The Bertz CT molecular complexity index is 1120. The number of nitrogens with one attached hydrogen (secondary N) is 1. The van der Waals surface area contributed by atoms with Gasteiger partial charge < -0.3 is 40.3 Å². The molecule has 0 aliphatic carbocycles. The standard InChI is InChI=1S/C51H91NO8/c1-3-5-7-9-11-13-15-16-17-18-19-20-21-22-23-24-25-26-27-28-29-30-31-33-35-37-39-41-47(55)52-44(43-59-51-50(58)49(57)48(56)46(42-53)60-51)45(54)40-38-36-34-32-14-12-10-8-6-4-2/h6,8,14-16,18-19,32,38,40,44-46,48-51,53-54,56-58H,3-5,7,9-13,17,20-31,33-37,39,41-43H2,1-2H3,(H,52,55)/b8-6+,16-15-,19-18-,32-14+,40-38+. The van der Waals surface area contributed by atoms with Crippen LogP contribution in [0.25, 0.3) is 0 Å². The van der Waals surface area contributed by atoms with E-state index in [0.29, 0.717) is 6.42 Å². The lowest BCUT2D eigenvalue weighted by Gasteiger charge is -2.40. The molecule has 1 amide bonds. The zero-order valence-corrected chi connectivity index (χ0v) is 38.2. The molecular weight excluding hydrogens is 755 g/mol. The number of hydrogen-bond acceptors (Lipinski definition) is 8. The number of hydrogen-bond donors (Lipinski definition) is 6. The largest absolute Gasteiger partial charge is 0.394 e. The van der Waals surface area contributed by atoms with Crippen LogP contribution in [0.4, 0.5) is 0 Å². The predicted octanol–water partition coefficient (Wildman–Crippen LogP) is 10.8. The molecular formula is C51H91NO8. The molecule has 348 valence electrons. The summed E-state index contributed by atoms with van der Waals surface area (Å²) in [4.78, 5) is 12.9. The maximum atomic E-state index is 12.9. The lowest BCUT2D eigenvalue weighted by Crippen LogP contribution is -2.60. The maximum absolute atomic E-state index is 12.9. The molecule has 7 atom stereocenters. The van der Waals surface area contributed by atoms with E-state index in [1.165, 1.54) is 122 Å². The quantitative estimate of drug-likeness (QED) is 0.0264. The average Bonchev–Trinajstić information content (AvgIpc) is 3.25. The third kappa shape index (κ3) is 30.8. The van der Waals surface area contributed by atoms with Crippen LogP contribution in [0.5, 0.6) is 0 Å². The van der Waals surface area contributed by atoms with E-state index in [1.54, 1.807) is 6.08 Å². The molecule has 0 spiro atoms. The number of aliphatic hydroxyl groups excluding tert-OH is 5. The highest BCUT2D eigenvalue weighted by Gasteiger charge is 2.44. The first-order valence-corrected chi connectivity index (χ1v) is 24.5. The van der Waals surface area contributed by atoms with Crippen LogP contribution < -0.4 is 5.32 Å². The molecule has 0 aromatic heterocycles. The molecule has 0 saturated carbocycles. The fraction of sp³-hybridized carbons (Fsp3) is 0.784. The summed E-state index contributed by atoms with van der Waals surface area (Å²) in [6.45, 7) is 3.61. The first kappa shape index (κ1) is 55.9. The number of aliphatic hydroxyl groups is 5. The van der Waals surface area contributed by atoms with Gasteiger partial charge in [0.2, 0.25) is 5.91 Å². The second kappa shape index (κ2) is 40.9. The molecule has 7 unspecified atom stereocenters. The Morgan fingerprint density at radius 1 is 0.583 bits per heavy atom. The molecule has 9 heteroatoms. The van der Waals surface area contributed by atoms with Gasteiger partial charge in [-0.25, -0.2) is 0 Å². The van der Waals surface area contributed by atoms with Crippen molar-refractivity contribution in [1.82, 2.24) is 5.32 Å². The molecule has 0 radical (unpaired) electrons. The van der Waals surface area contributed by atoms with E-state index >= 15 is 0 Å². The van der Waals surface area contributed by atoms with Gasteiger partial charge in [-0.1, -0.05) is 184 Å². The Kier molecular flexibility index (Phi) is 38.1. The fourth-order valence-electron chi connectivity index (χ4n) is 7.40. The minimum Gasteiger partial charge on any atom is -0.394 e. The highest BCUT2D eigenvalue weighted by molar-refractivity contribution is 5.76. The van der Waals surface area contributed by atoms with Crippen molar-refractivity contribution >= 4 is 5.91 Å². The smallest absolute Gasteiger partial charge is 0.220 e. The first-order chi connectivity index (χ1) is 29.3. The molecule has 1 saturated heterocycles. The second-order valence-corrected chi connectivity index (χ2v) is 16.9. The van der Waals surface area contributed by atoms with Crippen LogP contribution in [-0.2, 0) is 14.3 Å². The maximum Gasteiger partial charge on any atom is 0.220 e. The van der Waals surface area contributed by atoms with E-state index in [9.17, 15) is 30.3 Å². The summed E-state index contributed by atoms with van der Waals surface area (Å²) in [6.07, 6.45) is 47.2. The van der Waals surface area contributed by atoms with Crippen LogP contribution in [0, 0.1) is 0 Å². The third-order valence-electron chi connectivity index (χ3n) is 11.3. The Labute approximate surface area is 366 Å². The molecule has 1 aliphatic rings. The summed E-state index contributed by atoms with van der Waals surface area (Å²) in [5.41, 5.74) is 0. The van der Waals surface area contributed by atoms with Gasteiger partial charge in [-0.15, -0.1) is 0 Å². The SMILES string of the molecule is CC/C=C/CC/C=C/CC/C=C/C(O)C(COC1OC(CO)C(O)C(O)C1O)NC(=O)CCCCCCCCCCCCCCCCC/C=C\C/C=C\CCCCCCC. The Morgan fingerprint density at radius 3 is 1.57 bits per heavy atom. The molecule has 9 nitrogen and oxygen atoms in total. The zero-order valence-electron chi connectivity index (χ0n) is 38.2. The van der Waals surface area contributed by atoms with E-state index in [2.05, 4.69) is 67.8 Å². The Hall–Kier alpha value is -2.11. The van der Waals surface area contributed by atoms with E-state index in [1.807, 2.05) is 6.08 Å². The number of amides is 1.